The van der Waals surface area contributed by atoms with E-state index in [1.807, 2.05) is 4.90 Å². The van der Waals surface area contributed by atoms with Gasteiger partial charge in [0.25, 0.3) is 0 Å². The molecule has 0 spiro atoms. The van der Waals surface area contributed by atoms with Gasteiger partial charge in [0.1, 0.15) is 0 Å². The highest BCUT2D eigenvalue weighted by atomic mass is 35.5. The van der Waals surface area contributed by atoms with Crippen LogP contribution in [-0.4, -0.2) is 40.5 Å². The zero-order valence-corrected chi connectivity index (χ0v) is 14.3. The molecule has 8 heteroatoms. The molecule has 2 aliphatic rings. The fourth-order valence-electron chi connectivity index (χ4n) is 3.59. The van der Waals surface area contributed by atoms with Gasteiger partial charge in [-0.3, -0.25) is 14.5 Å². The minimum absolute atomic E-state index is 0.0625. The van der Waals surface area contributed by atoms with Gasteiger partial charge in [0, 0.05) is 12.1 Å². The topological polar surface area (TPSA) is 69.6 Å². The van der Waals surface area contributed by atoms with Crippen LogP contribution in [0, 0.1) is 5.92 Å². The van der Waals surface area contributed by atoms with Crippen LogP contribution in [0.15, 0.2) is 12.1 Å². The van der Waals surface area contributed by atoms with Crippen molar-refractivity contribution in [2.75, 3.05) is 11.9 Å². The Bertz CT molecular complexity index is 668. The highest BCUT2D eigenvalue weighted by Gasteiger charge is 2.49. The first-order chi connectivity index (χ1) is 10.9. The van der Waals surface area contributed by atoms with Gasteiger partial charge < -0.3 is 10.4 Å². The van der Waals surface area contributed by atoms with E-state index in [1.54, 1.807) is 0 Å². The Morgan fingerprint density at radius 3 is 2.52 bits per heavy atom. The van der Waals surface area contributed by atoms with E-state index in [-0.39, 0.29) is 30.5 Å². The number of nitrogens with one attached hydrogen (secondary N) is 1. The van der Waals surface area contributed by atoms with Crippen LogP contribution < -0.4 is 5.32 Å². The monoisotopic (exact) mass is 376 g/mol. The number of carbonyl (C=O) groups is 2. The number of carboxylic acid groups (broad SMARTS) is 1. The van der Waals surface area contributed by atoms with Gasteiger partial charge in [-0.05, 0) is 31.4 Å². The molecule has 2 bridgehead atoms. The van der Waals surface area contributed by atoms with Crippen LogP contribution >= 0.6 is 34.8 Å². The van der Waals surface area contributed by atoms with Gasteiger partial charge in [-0.15, -0.1) is 0 Å². The number of fused-ring (bicyclic) bond motifs is 2. The van der Waals surface area contributed by atoms with Gasteiger partial charge in [0.05, 0.1) is 33.2 Å². The van der Waals surface area contributed by atoms with Crippen molar-refractivity contribution in [3.05, 3.63) is 27.2 Å². The fourth-order valence-corrected chi connectivity index (χ4v) is 4.18. The van der Waals surface area contributed by atoms with Crippen LogP contribution in [0.1, 0.15) is 19.3 Å². The molecule has 2 aliphatic heterocycles. The lowest BCUT2D eigenvalue weighted by molar-refractivity contribution is -0.142. The van der Waals surface area contributed by atoms with Crippen molar-refractivity contribution in [1.29, 1.82) is 0 Å². The molecule has 124 valence electrons. The average Bonchev–Trinajstić information content (AvgIpc) is 3.02. The molecule has 2 N–H and O–H groups in total. The number of amides is 1. The summed E-state index contributed by atoms with van der Waals surface area (Å²) in [5.74, 6) is -1.40. The summed E-state index contributed by atoms with van der Waals surface area (Å²) >= 11 is 17.8. The van der Waals surface area contributed by atoms with E-state index in [0.717, 1.165) is 12.8 Å². The third-order valence-electron chi connectivity index (χ3n) is 4.61. The number of hydrogen-bond donors (Lipinski definition) is 2. The van der Waals surface area contributed by atoms with Crippen molar-refractivity contribution in [3.63, 3.8) is 0 Å². The SMILES string of the molecule is O=C(CN1C2CCC1C(C(=O)O)C2)Nc1cc(Cl)c(Cl)cc1Cl. The Labute approximate surface area is 148 Å². The Kier molecular flexibility index (Phi) is 4.74. The number of anilines is 1. The quantitative estimate of drug-likeness (QED) is 0.788. The summed E-state index contributed by atoms with van der Waals surface area (Å²) in [5, 5.41) is 12.9. The van der Waals surface area contributed by atoms with Gasteiger partial charge in [-0.2, -0.15) is 0 Å². The number of benzene rings is 1. The first kappa shape index (κ1) is 16.8. The highest BCUT2D eigenvalue weighted by molar-refractivity contribution is 6.44. The molecule has 23 heavy (non-hydrogen) atoms. The molecule has 0 radical (unpaired) electrons. The molecule has 3 unspecified atom stereocenters. The maximum atomic E-state index is 12.3. The predicted octanol–water partition coefficient (Wildman–Crippen LogP) is 3.52. The molecule has 2 heterocycles. The first-order valence-electron chi connectivity index (χ1n) is 7.29. The van der Waals surface area contributed by atoms with E-state index < -0.39 is 5.97 Å². The summed E-state index contributed by atoms with van der Waals surface area (Å²) in [4.78, 5) is 25.5. The second kappa shape index (κ2) is 6.48. The summed E-state index contributed by atoms with van der Waals surface area (Å²) in [5.41, 5.74) is 0.396. The van der Waals surface area contributed by atoms with Gasteiger partial charge in [-0.1, -0.05) is 34.8 Å². The Morgan fingerprint density at radius 2 is 1.87 bits per heavy atom. The van der Waals surface area contributed by atoms with Gasteiger partial charge in [0.15, 0.2) is 0 Å². The second-order valence-electron chi connectivity index (χ2n) is 5.95. The van der Waals surface area contributed by atoms with Gasteiger partial charge in [0.2, 0.25) is 5.91 Å². The third kappa shape index (κ3) is 3.29. The third-order valence-corrected chi connectivity index (χ3v) is 5.64. The largest absolute Gasteiger partial charge is 0.481 e. The van der Waals surface area contributed by atoms with Crippen LogP contribution in [0.25, 0.3) is 0 Å². The summed E-state index contributed by atoms with van der Waals surface area (Å²) in [6, 6.07) is 3.08. The molecule has 2 fully saturated rings. The van der Waals surface area contributed by atoms with Crippen molar-refractivity contribution in [1.82, 2.24) is 4.90 Å². The molecule has 1 amide bonds. The smallest absolute Gasteiger partial charge is 0.308 e. The molecule has 1 aromatic rings. The van der Waals surface area contributed by atoms with E-state index in [0.29, 0.717) is 27.2 Å². The molecule has 2 saturated heterocycles. The number of carbonyl (C=O) groups excluding carboxylic acids is 1. The number of halogens is 3. The minimum atomic E-state index is -0.782. The molecule has 3 rings (SSSR count). The Morgan fingerprint density at radius 1 is 1.17 bits per heavy atom. The molecular formula is C15H15Cl3N2O3. The lowest BCUT2D eigenvalue weighted by atomic mass is 9.89. The summed E-state index contributed by atoms with van der Waals surface area (Å²) in [6.07, 6.45) is 2.37. The molecule has 0 saturated carbocycles. The first-order valence-corrected chi connectivity index (χ1v) is 8.43. The minimum Gasteiger partial charge on any atom is -0.481 e. The van der Waals surface area contributed by atoms with E-state index in [1.165, 1.54) is 12.1 Å². The van der Waals surface area contributed by atoms with Gasteiger partial charge in [-0.25, -0.2) is 0 Å². The lowest BCUT2D eigenvalue weighted by Crippen LogP contribution is -2.38. The highest BCUT2D eigenvalue weighted by Crippen LogP contribution is 2.41. The van der Waals surface area contributed by atoms with Crippen LogP contribution in [0.3, 0.4) is 0 Å². The maximum Gasteiger partial charge on any atom is 0.308 e. The van der Waals surface area contributed by atoms with E-state index in [4.69, 9.17) is 34.8 Å². The zero-order valence-electron chi connectivity index (χ0n) is 12.1. The number of aliphatic carboxylic acids is 1. The lowest BCUT2D eigenvalue weighted by Gasteiger charge is -2.22. The van der Waals surface area contributed by atoms with Gasteiger partial charge >= 0.3 is 5.97 Å². The molecule has 1 aromatic carbocycles. The number of rotatable bonds is 4. The molecule has 0 aromatic heterocycles. The maximum absolute atomic E-state index is 12.3. The van der Waals surface area contributed by atoms with Crippen LogP contribution in [-0.2, 0) is 9.59 Å². The molecular weight excluding hydrogens is 363 g/mol. The molecule has 3 atom stereocenters. The number of carboxylic acids is 1. The van der Waals surface area contributed by atoms with Crippen molar-refractivity contribution in [2.24, 2.45) is 5.92 Å². The van der Waals surface area contributed by atoms with Crippen LogP contribution in [0.4, 0.5) is 5.69 Å². The second-order valence-corrected chi connectivity index (χ2v) is 7.17. The van der Waals surface area contributed by atoms with Crippen molar-refractivity contribution in [2.45, 2.75) is 31.3 Å². The number of hydrogen-bond acceptors (Lipinski definition) is 3. The van der Waals surface area contributed by atoms with Crippen molar-refractivity contribution < 1.29 is 14.7 Å². The normalized spacial score (nSPS) is 26.5. The summed E-state index contributed by atoms with van der Waals surface area (Å²) in [6.45, 7) is 0.148. The van der Waals surface area contributed by atoms with Crippen LogP contribution in [0.2, 0.25) is 15.1 Å². The van der Waals surface area contributed by atoms with E-state index >= 15 is 0 Å². The summed E-state index contributed by atoms with van der Waals surface area (Å²) in [7, 11) is 0. The number of nitrogens with zero attached hydrogens (tertiary/aromatic N) is 1. The average molecular weight is 378 g/mol. The fraction of sp³-hybridized carbons (Fsp3) is 0.467. The van der Waals surface area contributed by atoms with Crippen molar-refractivity contribution in [3.8, 4) is 0 Å². The standard InChI is InChI=1S/C15H15Cl3N2O3/c16-9-4-11(18)12(5-10(9)17)19-14(21)6-20-7-1-2-13(20)8(3-7)15(22)23/h4-5,7-8,13H,1-3,6H2,(H,19,21)(H,22,23). The predicted molar refractivity (Wildman–Crippen MR) is 89.4 cm³/mol. The summed E-state index contributed by atoms with van der Waals surface area (Å²) < 4.78 is 0. The Hall–Kier alpha value is -1.01. The Balaban J connectivity index is 1.67. The van der Waals surface area contributed by atoms with E-state index in [9.17, 15) is 14.7 Å². The molecule has 0 aliphatic carbocycles. The molecule has 5 nitrogen and oxygen atoms in total. The zero-order chi connectivity index (χ0) is 16.7. The van der Waals surface area contributed by atoms with Crippen molar-refractivity contribution >= 4 is 52.4 Å². The van der Waals surface area contributed by atoms with E-state index in [2.05, 4.69) is 5.32 Å². The van der Waals surface area contributed by atoms with Crippen LogP contribution in [0.5, 0.6) is 0 Å².